The summed E-state index contributed by atoms with van der Waals surface area (Å²) in [6.07, 6.45) is -4.52. The number of likely N-dealkylation sites (tertiary alicyclic amines) is 1. The molecule has 0 saturated carbocycles. The zero-order valence-electron chi connectivity index (χ0n) is 15.1. The first-order chi connectivity index (χ1) is 13.6. The zero-order chi connectivity index (χ0) is 21.2. The Labute approximate surface area is 163 Å². The van der Waals surface area contributed by atoms with Crippen molar-refractivity contribution in [2.45, 2.75) is 18.6 Å². The average molecular weight is 415 g/mol. The van der Waals surface area contributed by atoms with Crippen LogP contribution in [0.3, 0.4) is 0 Å². The van der Waals surface area contributed by atoms with Gasteiger partial charge < -0.3 is 4.90 Å². The van der Waals surface area contributed by atoms with Crippen molar-refractivity contribution in [3.8, 4) is 0 Å². The van der Waals surface area contributed by atoms with Gasteiger partial charge in [-0.25, -0.2) is 14.3 Å². The average Bonchev–Trinajstić information content (AvgIpc) is 2.65. The van der Waals surface area contributed by atoms with Gasteiger partial charge in [0.1, 0.15) is 0 Å². The van der Waals surface area contributed by atoms with Gasteiger partial charge in [-0.1, -0.05) is 18.2 Å². The van der Waals surface area contributed by atoms with Gasteiger partial charge in [-0.2, -0.15) is 13.2 Å². The Morgan fingerprint density at radius 1 is 1.14 bits per heavy atom. The Morgan fingerprint density at radius 3 is 2.34 bits per heavy atom. The summed E-state index contributed by atoms with van der Waals surface area (Å²) in [6, 6.07) is 10.7. The second-order valence-corrected chi connectivity index (χ2v) is 6.87. The number of benzene rings is 2. The third-order valence-corrected chi connectivity index (χ3v) is 4.51. The lowest BCUT2D eigenvalue weighted by Crippen LogP contribution is -2.59. The Morgan fingerprint density at radius 2 is 1.79 bits per heavy atom. The van der Waals surface area contributed by atoms with Gasteiger partial charge in [-0.15, -0.1) is 0 Å². The van der Waals surface area contributed by atoms with Crippen molar-refractivity contribution in [2.24, 2.45) is 0 Å². The van der Waals surface area contributed by atoms with E-state index in [1.807, 2.05) is 0 Å². The normalized spacial score (nSPS) is 16.2. The Bertz CT molecular complexity index is 863. The summed E-state index contributed by atoms with van der Waals surface area (Å²) in [4.78, 5) is 14.4. The van der Waals surface area contributed by atoms with Crippen LogP contribution >= 0.6 is 0 Å². The molecule has 156 valence electrons. The number of halogens is 5. The van der Waals surface area contributed by atoms with E-state index < -0.39 is 36.7 Å². The van der Waals surface area contributed by atoms with Crippen LogP contribution in [0.4, 0.5) is 27.6 Å². The van der Waals surface area contributed by atoms with Gasteiger partial charge in [-0.3, -0.25) is 14.9 Å². The van der Waals surface area contributed by atoms with Gasteiger partial charge in [-0.05, 0) is 35.9 Å². The molecule has 0 spiro atoms. The molecule has 5 nitrogen and oxygen atoms in total. The van der Waals surface area contributed by atoms with E-state index in [1.165, 1.54) is 34.6 Å². The van der Waals surface area contributed by atoms with E-state index in [2.05, 4.69) is 0 Å². The molecule has 1 amide bonds. The van der Waals surface area contributed by atoms with Crippen LogP contribution in [0.25, 0.3) is 0 Å². The first kappa shape index (κ1) is 21.0. The first-order valence-corrected chi connectivity index (χ1v) is 8.63. The molecule has 2 aromatic carbocycles. The molecule has 0 radical (unpaired) electrons. The smallest absolute Gasteiger partial charge is 0.354 e. The fourth-order valence-electron chi connectivity index (χ4n) is 3.10. The molecular weight excluding hydrogens is 397 g/mol. The number of rotatable bonds is 6. The SMILES string of the molecule is O=C(NO)c1ccc(CN(CN2CC(F)(F)C2)c2cccc(C(F)(F)F)c2)cc1. The summed E-state index contributed by atoms with van der Waals surface area (Å²) in [7, 11) is 0. The molecule has 0 atom stereocenters. The second-order valence-electron chi connectivity index (χ2n) is 6.87. The first-order valence-electron chi connectivity index (χ1n) is 8.63. The molecule has 0 aliphatic carbocycles. The van der Waals surface area contributed by atoms with Crippen molar-refractivity contribution in [2.75, 3.05) is 24.7 Å². The molecule has 3 rings (SSSR count). The number of alkyl halides is 5. The largest absolute Gasteiger partial charge is 0.416 e. The predicted molar refractivity (Wildman–Crippen MR) is 94.7 cm³/mol. The number of nitrogens with zero attached hydrogens (tertiary/aromatic N) is 2. The highest BCUT2D eigenvalue weighted by molar-refractivity contribution is 5.93. The van der Waals surface area contributed by atoms with Crippen LogP contribution in [0.5, 0.6) is 0 Å². The molecule has 10 heteroatoms. The molecule has 0 bridgehead atoms. The second kappa shape index (κ2) is 7.96. The van der Waals surface area contributed by atoms with Crippen LogP contribution in [0.15, 0.2) is 48.5 Å². The van der Waals surface area contributed by atoms with Gasteiger partial charge >= 0.3 is 6.18 Å². The molecule has 1 saturated heterocycles. The standard InChI is InChI=1S/C19H18F5N3O2/c20-18(21)10-26(11-18)12-27(16-3-1-2-15(8-16)19(22,23)24)9-13-4-6-14(7-5-13)17(28)25-29/h1-8,29H,9-12H2,(H,25,28). The van der Waals surface area contributed by atoms with E-state index in [9.17, 15) is 26.7 Å². The molecule has 29 heavy (non-hydrogen) atoms. The minimum atomic E-state index is -4.52. The summed E-state index contributed by atoms with van der Waals surface area (Å²) < 4.78 is 65.6. The third kappa shape index (κ3) is 5.21. The summed E-state index contributed by atoms with van der Waals surface area (Å²) in [5, 5.41) is 8.65. The summed E-state index contributed by atoms with van der Waals surface area (Å²) in [5.74, 6) is -3.49. The number of hydroxylamine groups is 1. The van der Waals surface area contributed by atoms with E-state index >= 15 is 0 Å². The molecule has 2 aromatic rings. The van der Waals surface area contributed by atoms with Crippen molar-refractivity contribution in [3.05, 3.63) is 65.2 Å². The molecule has 1 fully saturated rings. The van der Waals surface area contributed by atoms with Crippen LogP contribution in [-0.2, 0) is 12.7 Å². The lowest BCUT2D eigenvalue weighted by molar-refractivity contribution is -0.137. The summed E-state index contributed by atoms with van der Waals surface area (Å²) >= 11 is 0. The Hall–Kier alpha value is -2.72. The molecule has 0 unspecified atom stereocenters. The van der Waals surface area contributed by atoms with Crippen molar-refractivity contribution < 1.29 is 32.0 Å². The molecule has 0 aromatic heterocycles. The molecular formula is C19H18F5N3O2. The summed E-state index contributed by atoms with van der Waals surface area (Å²) in [5.41, 5.74) is 1.77. The van der Waals surface area contributed by atoms with Crippen LogP contribution in [-0.4, -0.2) is 41.7 Å². The number of nitrogens with one attached hydrogen (secondary N) is 1. The fraction of sp³-hybridized carbons (Fsp3) is 0.316. The fourth-order valence-corrected chi connectivity index (χ4v) is 3.10. The van der Waals surface area contributed by atoms with E-state index in [0.717, 1.165) is 12.1 Å². The molecule has 2 N–H and O–H groups in total. The van der Waals surface area contributed by atoms with Gasteiger partial charge in [0.05, 0.1) is 25.3 Å². The third-order valence-electron chi connectivity index (χ3n) is 4.51. The van der Waals surface area contributed by atoms with Crippen molar-refractivity contribution in [1.29, 1.82) is 0 Å². The number of hydrogen-bond donors (Lipinski definition) is 2. The van der Waals surface area contributed by atoms with Crippen LogP contribution < -0.4 is 10.4 Å². The van der Waals surface area contributed by atoms with Crippen LogP contribution in [0.2, 0.25) is 0 Å². The van der Waals surface area contributed by atoms with E-state index in [1.54, 1.807) is 17.0 Å². The van der Waals surface area contributed by atoms with Crippen molar-refractivity contribution in [3.63, 3.8) is 0 Å². The topological polar surface area (TPSA) is 55.8 Å². The number of carbonyl (C=O) groups is 1. The number of hydrogen-bond acceptors (Lipinski definition) is 4. The van der Waals surface area contributed by atoms with Crippen molar-refractivity contribution >= 4 is 11.6 Å². The number of amides is 1. The zero-order valence-corrected chi connectivity index (χ0v) is 15.1. The lowest BCUT2D eigenvalue weighted by atomic mass is 10.1. The minimum absolute atomic E-state index is 0.0236. The van der Waals surface area contributed by atoms with Gasteiger partial charge in [0.25, 0.3) is 11.8 Å². The Balaban J connectivity index is 1.83. The molecule has 1 heterocycles. The predicted octanol–water partition coefficient (Wildman–Crippen LogP) is 3.74. The molecule has 1 aliphatic heterocycles. The van der Waals surface area contributed by atoms with Gasteiger partial charge in [0.2, 0.25) is 0 Å². The van der Waals surface area contributed by atoms with Gasteiger partial charge in [0.15, 0.2) is 0 Å². The maximum atomic E-state index is 13.2. The summed E-state index contributed by atoms with van der Waals surface area (Å²) in [6.45, 7) is -0.754. The van der Waals surface area contributed by atoms with Crippen LogP contribution in [0.1, 0.15) is 21.5 Å². The number of carbonyl (C=O) groups excluding carboxylic acids is 1. The molecule has 1 aliphatic rings. The van der Waals surface area contributed by atoms with E-state index in [4.69, 9.17) is 5.21 Å². The highest BCUT2D eigenvalue weighted by Crippen LogP contribution is 2.33. The van der Waals surface area contributed by atoms with E-state index in [0.29, 0.717) is 5.56 Å². The maximum Gasteiger partial charge on any atom is 0.416 e. The van der Waals surface area contributed by atoms with Crippen molar-refractivity contribution in [1.82, 2.24) is 10.4 Å². The van der Waals surface area contributed by atoms with E-state index in [-0.39, 0.29) is 24.5 Å². The highest BCUT2D eigenvalue weighted by Gasteiger charge is 2.44. The minimum Gasteiger partial charge on any atom is -0.354 e. The Kier molecular flexibility index (Phi) is 5.76. The quantitative estimate of drug-likeness (QED) is 0.429. The monoisotopic (exact) mass is 415 g/mol. The van der Waals surface area contributed by atoms with Gasteiger partial charge in [0, 0.05) is 17.8 Å². The number of anilines is 1. The maximum absolute atomic E-state index is 13.2. The van der Waals surface area contributed by atoms with Crippen LogP contribution in [0, 0.1) is 0 Å². The lowest BCUT2D eigenvalue weighted by Gasteiger charge is -2.42. The highest BCUT2D eigenvalue weighted by atomic mass is 19.4.